The second kappa shape index (κ2) is 14.2. The molecule has 1 aliphatic rings. The minimum atomic E-state index is -4.37. The molecule has 43 heavy (non-hydrogen) atoms. The third kappa shape index (κ3) is 9.25. The number of hydrogen-bond acceptors (Lipinski definition) is 6. The monoisotopic (exact) mass is 617 g/mol. The summed E-state index contributed by atoms with van der Waals surface area (Å²) < 4.78 is 50.7. The van der Waals surface area contributed by atoms with E-state index >= 15 is 0 Å². The van der Waals surface area contributed by atoms with Gasteiger partial charge in [0.2, 0.25) is 0 Å². The van der Waals surface area contributed by atoms with Gasteiger partial charge in [0.25, 0.3) is 0 Å². The van der Waals surface area contributed by atoms with Crippen LogP contribution >= 0.6 is 11.8 Å². The van der Waals surface area contributed by atoms with E-state index in [0.29, 0.717) is 25.2 Å². The molecular formula is C33H42F3N3O3S. The third-order valence-electron chi connectivity index (χ3n) is 7.41. The number of pyridine rings is 1. The van der Waals surface area contributed by atoms with Crippen molar-refractivity contribution < 1.29 is 27.4 Å². The molecule has 0 saturated carbocycles. The molecule has 234 valence electrons. The number of unbranched alkanes of at least 4 members (excludes halogenated alkanes) is 2. The Balaban J connectivity index is 1.17. The lowest BCUT2D eigenvalue weighted by Gasteiger charge is -2.37. The number of thioether (sulfide) groups is 1. The smallest absolute Gasteiger partial charge is 0.416 e. The van der Waals surface area contributed by atoms with Crippen LogP contribution in [0.2, 0.25) is 0 Å². The Kier molecular flexibility index (Phi) is 10.9. The summed E-state index contributed by atoms with van der Waals surface area (Å²) in [5.74, 6) is 0.877. The van der Waals surface area contributed by atoms with Crippen LogP contribution in [0, 0.1) is 6.92 Å². The van der Waals surface area contributed by atoms with Gasteiger partial charge in [0.1, 0.15) is 5.60 Å². The number of piperazine rings is 1. The van der Waals surface area contributed by atoms with Crippen LogP contribution < -0.4 is 4.90 Å². The van der Waals surface area contributed by atoms with Gasteiger partial charge in [-0.25, -0.2) is 4.79 Å². The lowest BCUT2D eigenvalue weighted by molar-refractivity contribution is -0.137. The molecule has 4 rings (SSSR count). The van der Waals surface area contributed by atoms with Gasteiger partial charge in [-0.3, -0.25) is 4.98 Å². The highest BCUT2D eigenvalue weighted by Gasteiger charge is 2.31. The first-order chi connectivity index (χ1) is 20.3. The van der Waals surface area contributed by atoms with Crippen molar-refractivity contribution in [2.24, 2.45) is 0 Å². The predicted octanol–water partition coefficient (Wildman–Crippen LogP) is 8.66. The van der Waals surface area contributed by atoms with Crippen LogP contribution in [0.25, 0.3) is 10.9 Å². The van der Waals surface area contributed by atoms with Crippen LogP contribution in [0.5, 0.6) is 0 Å². The molecule has 1 saturated heterocycles. The number of benzene rings is 2. The molecule has 0 bridgehead atoms. The number of fused-ring (bicyclic) bond motifs is 1. The first-order valence-corrected chi connectivity index (χ1v) is 15.8. The van der Waals surface area contributed by atoms with E-state index in [1.54, 1.807) is 22.9 Å². The minimum absolute atomic E-state index is 0.0177. The summed E-state index contributed by atoms with van der Waals surface area (Å²) in [5, 5.41) is 0.752. The van der Waals surface area contributed by atoms with E-state index in [1.165, 1.54) is 17.3 Å². The van der Waals surface area contributed by atoms with E-state index in [2.05, 4.69) is 41.9 Å². The van der Waals surface area contributed by atoms with Crippen molar-refractivity contribution in [3.8, 4) is 0 Å². The number of nitrogens with zero attached hydrogens (tertiary/aromatic N) is 3. The second-order valence-electron chi connectivity index (χ2n) is 12.0. The summed E-state index contributed by atoms with van der Waals surface area (Å²) in [6.45, 7) is 13.3. The van der Waals surface area contributed by atoms with Crippen LogP contribution in [0.1, 0.15) is 69.8 Å². The molecular weight excluding hydrogens is 575 g/mol. The molecule has 2 heterocycles. The quantitative estimate of drug-likeness (QED) is 0.168. The van der Waals surface area contributed by atoms with E-state index in [-0.39, 0.29) is 12.2 Å². The Hall–Kier alpha value is -2.98. The number of aromatic nitrogens is 1. The highest BCUT2D eigenvalue weighted by atomic mass is 32.2. The maximum Gasteiger partial charge on any atom is 0.416 e. The highest BCUT2D eigenvalue weighted by Crippen LogP contribution is 2.34. The molecule has 0 aliphatic carbocycles. The number of halogens is 3. The third-order valence-corrected chi connectivity index (χ3v) is 8.57. The van der Waals surface area contributed by atoms with Gasteiger partial charge in [0.05, 0.1) is 17.2 Å². The van der Waals surface area contributed by atoms with Crippen molar-refractivity contribution in [3.05, 3.63) is 65.4 Å². The number of alkyl halides is 3. The SMILES string of the molecule is Cc1cc(C(C)OCCCCCSc2ccnc3cc(C(F)(F)F)ccc23)ccc1N1CCN(C(=O)OC(C)(C)C)CC1. The fourth-order valence-electron chi connectivity index (χ4n) is 5.09. The number of hydrogen-bond donors (Lipinski definition) is 0. The molecule has 2 aromatic carbocycles. The van der Waals surface area contributed by atoms with Gasteiger partial charge in [-0.2, -0.15) is 13.2 Å². The van der Waals surface area contributed by atoms with E-state index in [0.717, 1.165) is 66.1 Å². The zero-order valence-corrected chi connectivity index (χ0v) is 26.5. The maximum atomic E-state index is 13.0. The summed E-state index contributed by atoms with van der Waals surface area (Å²) in [6, 6.07) is 12.1. The van der Waals surface area contributed by atoms with Crippen LogP contribution in [0.15, 0.2) is 53.6 Å². The van der Waals surface area contributed by atoms with Gasteiger partial charge in [-0.15, -0.1) is 11.8 Å². The van der Waals surface area contributed by atoms with E-state index in [1.807, 2.05) is 26.8 Å². The fourth-order valence-corrected chi connectivity index (χ4v) is 6.14. The van der Waals surface area contributed by atoms with Crippen molar-refractivity contribution >= 4 is 34.4 Å². The van der Waals surface area contributed by atoms with Crippen LogP contribution in [-0.4, -0.2) is 60.1 Å². The summed E-state index contributed by atoms with van der Waals surface area (Å²) >= 11 is 1.65. The maximum absolute atomic E-state index is 13.0. The Morgan fingerprint density at radius 3 is 2.42 bits per heavy atom. The Labute approximate surface area is 256 Å². The highest BCUT2D eigenvalue weighted by molar-refractivity contribution is 7.99. The Morgan fingerprint density at radius 1 is 1.00 bits per heavy atom. The van der Waals surface area contributed by atoms with Crippen molar-refractivity contribution in [3.63, 3.8) is 0 Å². The average Bonchev–Trinajstić information content (AvgIpc) is 2.95. The fraction of sp³-hybridized carbons (Fsp3) is 0.515. The zero-order chi connectivity index (χ0) is 31.2. The first kappa shape index (κ1) is 32.9. The number of rotatable bonds is 10. The standard InChI is InChI=1S/C33H42F3N3O3S/c1-23-21-25(9-12-29(23)38-15-17-39(18-16-38)31(40)42-32(3,4)5)24(2)41-19-7-6-8-20-43-30-13-14-37-28-22-26(33(34,35)36)10-11-27(28)30/h9-14,21-22,24H,6-8,15-20H2,1-5H3. The topological polar surface area (TPSA) is 54.9 Å². The Morgan fingerprint density at radius 2 is 1.74 bits per heavy atom. The number of aryl methyl sites for hydroxylation is 1. The van der Waals surface area contributed by atoms with Crippen molar-refractivity contribution in [2.45, 2.75) is 76.7 Å². The van der Waals surface area contributed by atoms with E-state index < -0.39 is 17.3 Å². The molecule has 1 aliphatic heterocycles. The molecule has 6 nitrogen and oxygen atoms in total. The molecule has 1 amide bonds. The number of ether oxygens (including phenoxy) is 2. The number of carbonyl (C=O) groups is 1. The number of anilines is 1. The molecule has 0 radical (unpaired) electrons. The molecule has 10 heteroatoms. The van der Waals surface area contributed by atoms with Crippen molar-refractivity contribution in [1.82, 2.24) is 9.88 Å². The normalized spacial score (nSPS) is 15.2. The second-order valence-corrected chi connectivity index (χ2v) is 13.1. The summed E-state index contributed by atoms with van der Waals surface area (Å²) in [6.07, 6.45) is -0.136. The van der Waals surface area contributed by atoms with Gasteiger partial charge in [-0.1, -0.05) is 24.6 Å². The van der Waals surface area contributed by atoms with Crippen LogP contribution in [-0.2, 0) is 15.7 Å². The largest absolute Gasteiger partial charge is 0.444 e. The van der Waals surface area contributed by atoms with Gasteiger partial charge >= 0.3 is 12.3 Å². The van der Waals surface area contributed by atoms with Gasteiger partial charge in [0.15, 0.2) is 0 Å². The molecule has 3 aromatic rings. The Bertz CT molecular complexity index is 1390. The molecule has 1 fully saturated rings. The van der Waals surface area contributed by atoms with Crippen LogP contribution in [0.4, 0.5) is 23.7 Å². The van der Waals surface area contributed by atoms with Gasteiger partial charge < -0.3 is 19.3 Å². The molecule has 0 spiro atoms. The zero-order valence-electron chi connectivity index (χ0n) is 25.7. The van der Waals surface area contributed by atoms with E-state index in [4.69, 9.17) is 9.47 Å². The average molecular weight is 618 g/mol. The lowest BCUT2D eigenvalue weighted by Crippen LogP contribution is -2.50. The first-order valence-electron chi connectivity index (χ1n) is 14.9. The van der Waals surface area contributed by atoms with Crippen molar-refractivity contribution in [1.29, 1.82) is 0 Å². The molecule has 1 unspecified atom stereocenters. The van der Waals surface area contributed by atoms with Gasteiger partial charge in [0, 0.05) is 55.0 Å². The number of carbonyl (C=O) groups excluding carboxylic acids is 1. The number of amides is 1. The minimum Gasteiger partial charge on any atom is -0.444 e. The predicted molar refractivity (Wildman–Crippen MR) is 167 cm³/mol. The van der Waals surface area contributed by atoms with E-state index in [9.17, 15) is 18.0 Å². The summed E-state index contributed by atoms with van der Waals surface area (Å²) in [7, 11) is 0. The summed E-state index contributed by atoms with van der Waals surface area (Å²) in [5.41, 5.74) is 2.71. The molecule has 0 N–H and O–H groups in total. The van der Waals surface area contributed by atoms with Gasteiger partial charge in [-0.05, 0) is 88.6 Å². The van der Waals surface area contributed by atoms with Crippen molar-refractivity contribution in [2.75, 3.05) is 43.4 Å². The molecule has 1 atom stereocenters. The molecule has 1 aromatic heterocycles. The van der Waals surface area contributed by atoms with Crippen LogP contribution in [0.3, 0.4) is 0 Å². The summed E-state index contributed by atoms with van der Waals surface area (Å²) in [4.78, 5) is 21.6. The lowest BCUT2D eigenvalue weighted by atomic mass is 10.0.